The Bertz CT molecular complexity index is 10.8. The van der Waals surface area contributed by atoms with Gasteiger partial charge in [-0.25, -0.2) is 0 Å². The van der Waals surface area contributed by atoms with Crippen LogP contribution in [-0.4, -0.2) is 22.7 Å². The first kappa shape index (κ1) is 16.0. The third kappa shape index (κ3) is 27.6. The number of hydrogen-bond donors (Lipinski definition) is 1. The van der Waals surface area contributed by atoms with E-state index in [-0.39, 0.29) is 39.6 Å². The fraction of sp³-hybridized carbons (Fsp3) is 1.00. The summed E-state index contributed by atoms with van der Waals surface area (Å²) in [6.07, 6.45) is 0. The minimum atomic E-state index is 0. The molecule has 0 amide bonds. The summed E-state index contributed by atoms with van der Waals surface area (Å²) in [7, 11) is 1.75. The average Bonchev–Trinajstić information content (AvgIpc) is 1.46. The van der Waals surface area contributed by atoms with Crippen molar-refractivity contribution in [3.05, 3.63) is 0 Å². The predicted octanol–water partition coefficient (Wildman–Crippen LogP) is -2.75. The van der Waals surface area contributed by atoms with Crippen LogP contribution in [0.4, 0.5) is 0 Å². The van der Waals surface area contributed by atoms with E-state index < -0.39 is 0 Å². The van der Waals surface area contributed by atoms with Crippen molar-refractivity contribution >= 4 is 51.2 Å². The summed E-state index contributed by atoms with van der Waals surface area (Å²) in [5.41, 5.74) is 3.25. The Kier molecular flexibility index (Phi) is 65.1. The molecule has 0 atom stereocenters. The Morgan fingerprint density at radius 2 is 1.33 bits per heavy atom. The third-order valence-electron chi connectivity index (χ3n) is 0. The quantitative estimate of drug-likeness (QED) is 0.225. The van der Waals surface area contributed by atoms with Crippen LogP contribution in [-0.2, 0) is 0 Å². The molecule has 0 heterocycles. The van der Waals surface area contributed by atoms with Crippen LogP contribution in [0.3, 0.4) is 0 Å². The molecule has 0 aromatic heterocycles. The van der Waals surface area contributed by atoms with Gasteiger partial charge in [-0.15, -0.1) is 0 Å². The van der Waals surface area contributed by atoms with Gasteiger partial charge in [0.2, 0.25) is 0 Å². The standard InChI is InChI=1S/CH5N.3HI.Pb/c1-2;;;;/h2H2,1H3;3*1H;/q;;;;+2/p-2. The molecule has 0 bridgehead atoms. The van der Waals surface area contributed by atoms with E-state index in [1.54, 1.807) is 7.05 Å². The van der Waals surface area contributed by atoms with Crippen LogP contribution in [0, 0.1) is 0 Å². The van der Waals surface area contributed by atoms with E-state index in [2.05, 4.69) is 41.3 Å². The topological polar surface area (TPSA) is 27.6 Å². The molecule has 1 nitrogen and oxygen atoms in total. The van der Waals surface area contributed by atoms with Gasteiger partial charge in [0.15, 0.2) is 0 Å². The predicted molar refractivity (Wildman–Crippen MR) is 42.6 cm³/mol. The van der Waals surface area contributed by atoms with Gasteiger partial charge in [-0.2, -0.15) is 0 Å². The Labute approximate surface area is 85.7 Å². The van der Waals surface area contributed by atoms with Crippen LogP contribution < -0.4 is 29.7 Å². The maximum absolute atomic E-state index is 3.25. The number of hydrogen-bond acceptors (Lipinski definition) is 0. The molecule has 0 saturated carbocycles. The average molecular weight is 620 g/mol. The van der Waals surface area contributed by atoms with E-state index in [1.165, 1.54) is 0 Å². The summed E-state index contributed by atoms with van der Waals surface area (Å²) in [6, 6.07) is 0. The molecule has 5 heteroatoms. The van der Waals surface area contributed by atoms with Gasteiger partial charge in [-0.3, -0.25) is 0 Å². The second-order valence-electron chi connectivity index (χ2n) is 0.0714. The third-order valence-corrected chi connectivity index (χ3v) is 0. The first-order valence-electron chi connectivity index (χ1n) is 1.09. The van der Waals surface area contributed by atoms with Gasteiger partial charge in [0.25, 0.3) is 0 Å². The van der Waals surface area contributed by atoms with Crippen molar-refractivity contribution in [1.82, 2.24) is 0 Å². The van der Waals surface area contributed by atoms with Gasteiger partial charge in [0, 0.05) is 0 Å². The van der Waals surface area contributed by atoms with E-state index in [0.29, 0.717) is 0 Å². The molecule has 40 valence electrons. The van der Waals surface area contributed by atoms with Crippen LogP contribution in [0.25, 0.3) is 0 Å². The van der Waals surface area contributed by atoms with E-state index >= 15 is 0 Å². The molecule has 0 fully saturated rings. The van der Waals surface area contributed by atoms with Crippen LogP contribution in [0.5, 0.6) is 0 Å². The zero-order valence-corrected chi connectivity index (χ0v) is 13.7. The normalized spacial score (nSPS) is 4.00. The van der Waals surface area contributed by atoms with Crippen molar-refractivity contribution in [1.29, 1.82) is 0 Å². The molecule has 0 aliphatic heterocycles. The van der Waals surface area contributed by atoms with Gasteiger partial charge in [0.1, 0.15) is 0 Å². The summed E-state index contributed by atoms with van der Waals surface area (Å²) >= 11 is 4.96. The molecule has 2 radical (unpaired) electrons. The summed E-state index contributed by atoms with van der Waals surface area (Å²) in [5.74, 6) is 0. The molecular weight excluding hydrogens is 614 g/mol. The van der Waals surface area contributed by atoms with Gasteiger partial charge in [-0.05, 0) is 0 Å². The molecule has 0 saturated heterocycles. The Balaban J connectivity index is -0.0000000275. The molecule has 0 aliphatic rings. The van der Waals surface area contributed by atoms with Crippen LogP contribution in [0.15, 0.2) is 0 Å². The van der Waals surface area contributed by atoms with Crippen molar-refractivity contribution in [2.45, 2.75) is 0 Å². The summed E-state index contributed by atoms with van der Waals surface area (Å²) < 4.78 is 0. The SMILES string of the molecule is C[NH3+].[I-].[I][Pb][I]. The second-order valence-corrected chi connectivity index (χ2v) is 28.2. The van der Waals surface area contributed by atoms with Gasteiger partial charge in [-0.1, -0.05) is 0 Å². The second kappa shape index (κ2) is 24.3. The van der Waals surface area contributed by atoms with Crippen LogP contribution in [0.1, 0.15) is 0 Å². The van der Waals surface area contributed by atoms with Crippen molar-refractivity contribution < 1.29 is 29.7 Å². The Morgan fingerprint density at radius 1 is 1.33 bits per heavy atom. The van der Waals surface area contributed by atoms with E-state index in [0.717, 1.165) is 0 Å². The summed E-state index contributed by atoms with van der Waals surface area (Å²) in [4.78, 5) is 0. The molecule has 6 heavy (non-hydrogen) atoms. The van der Waals surface area contributed by atoms with Gasteiger partial charge >= 0.3 is 51.2 Å². The molecule has 0 aromatic carbocycles. The summed E-state index contributed by atoms with van der Waals surface area (Å²) in [6.45, 7) is 0. The molecule has 3 N–H and O–H groups in total. The first-order chi connectivity index (χ1) is 2.41. The van der Waals surface area contributed by atoms with Crippen molar-refractivity contribution in [3.63, 3.8) is 0 Å². The van der Waals surface area contributed by atoms with E-state index in [1.807, 2.05) is 0 Å². The number of halogens is 3. The number of quaternary nitrogens is 1. The van der Waals surface area contributed by atoms with Crippen LogP contribution >= 0.6 is 35.5 Å². The Hall–Kier alpha value is 3.07. The monoisotopic (exact) mass is 621 g/mol. The molecular formula is CH6I3NPb. The maximum atomic E-state index is 3.25. The molecule has 0 aliphatic carbocycles. The van der Waals surface area contributed by atoms with Crippen molar-refractivity contribution in [3.8, 4) is 0 Å². The van der Waals surface area contributed by atoms with Crippen LogP contribution in [0.2, 0.25) is 0 Å². The fourth-order valence-corrected chi connectivity index (χ4v) is 0. The Morgan fingerprint density at radius 3 is 1.33 bits per heavy atom. The minimum absolute atomic E-state index is 0. The molecule has 0 spiro atoms. The number of rotatable bonds is 0. The van der Waals surface area contributed by atoms with Gasteiger partial charge in [0.05, 0.1) is 7.05 Å². The van der Waals surface area contributed by atoms with E-state index in [9.17, 15) is 0 Å². The fourth-order valence-electron chi connectivity index (χ4n) is 0. The van der Waals surface area contributed by atoms with Gasteiger partial charge < -0.3 is 29.7 Å². The van der Waals surface area contributed by atoms with Crippen molar-refractivity contribution in [2.24, 2.45) is 0 Å². The molecule has 0 aromatic rings. The first-order valence-corrected chi connectivity index (χ1v) is 23.0. The van der Waals surface area contributed by atoms with Crippen molar-refractivity contribution in [2.75, 3.05) is 7.05 Å². The molecule has 0 rings (SSSR count). The summed E-state index contributed by atoms with van der Waals surface area (Å²) in [5, 5.41) is 0. The zero-order valence-electron chi connectivity index (χ0n) is 3.34. The molecule has 0 unspecified atom stereocenters. The van der Waals surface area contributed by atoms with E-state index in [4.69, 9.17) is 0 Å². The zero-order chi connectivity index (χ0) is 4.71.